The Morgan fingerprint density at radius 3 is 1.50 bits per heavy atom. The van der Waals surface area contributed by atoms with Gasteiger partial charge in [0, 0.05) is 23.7 Å². The summed E-state index contributed by atoms with van der Waals surface area (Å²) in [6.45, 7) is 0. The first-order valence-electron chi connectivity index (χ1n) is 12.8. The van der Waals surface area contributed by atoms with Gasteiger partial charge >= 0.3 is 42.2 Å². The number of hydrogen-bond donors (Lipinski definition) is 1. The van der Waals surface area contributed by atoms with Gasteiger partial charge < -0.3 is 10.2 Å². The smallest absolute Gasteiger partial charge is 0.321 e. The maximum Gasteiger partial charge on any atom is 0.436 e. The Bertz CT molecular complexity index is 1730. The molecule has 0 aliphatic carbocycles. The second-order valence-corrected chi connectivity index (χ2v) is 10.1. The second kappa shape index (κ2) is 12.6. The standard InChI is InChI=1S/C28H14F18N2O2/c1-48(21(50)12-6-3-2-4-7-12)17-9-5-8-14(18(17)29)20(49)47-19-15(23(31,27(41,42)43)28(44,45)46)10-13(11-16(19)24(32,33)34)22(30,25(35,36)37)26(38,39)40/h2-11H,1H3,(H,47,49). The van der Waals surface area contributed by atoms with Crippen molar-refractivity contribution in [2.75, 3.05) is 17.3 Å². The van der Waals surface area contributed by atoms with Gasteiger partial charge in [0.15, 0.2) is 5.82 Å². The van der Waals surface area contributed by atoms with Crippen LogP contribution in [0.4, 0.5) is 90.4 Å². The van der Waals surface area contributed by atoms with Crippen LogP contribution in [-0.4, -0.2) is 43.6 Å². The zero-order valence-electron chi connectivity index (χ0n) is 23.8. The molecule has 3 rings (SSSR count). The van der Waals surface area contributed by atoms with E-state index in [1.54, 1.807) is 0 Å². The van der Waals surface area contributed by atoms with Crippen molar-refractivity contribution in [3.63, 3.8) is 0 Å². The third kappa shape index (κ3) is 6.74. The number of anilines is 2. The van der Waals surface area contributed by atoms with Gasteiger partial charge in [-0.2, -0.15) is 65.9 Å². The summed E-state index contributed by atoms with van der Waals surface area (Å²) in [7, 11) is 0.864. The van der Waals surface area contributed by atoms with Crippen molar-refractivity contribution >= 4 is 23.2 Å². The molecule has 0 aromatic heterocycles. The third-order valence-electron chi connectivity index (χ3n) is 6.92. The molecule has 0 fully saturated rings. The van der Waals surface area contributed by atoms with Crippen LogP contribution in [0.25, 0.3) is 0 Å². The molecule has 3 aromatic rings. The lowest BCUT2D eigenvalue weighted by atomic mass is 9.83. The van der Waals surface area contributed by atoms with Crippen molar-refractivity contribution in [3.05, 3.63) is 94.3 Å². The number of carbonyl (C=O) groups is 2. The Kier molecular flexibility index (Phi) is 10.0. The highest BCUT2D eigenvalue weighted by Gasteiger charge is 2.77. The molecule has 0 saturated heterocycles. The van der Waals surface area contributed by atoms with Crippen LogP contribution in [0.15, 0.2) is 60.7 Å². The fourth-order valence-corrected chi connectivity index (χ4v) is 4.44. The Morgan fingerprint density at radius 1 is 0.600 bits per heavy atom. The number of alkyl halides is 17. The molecular weight excluding hydrogens is 738 g/mol. The number of hydrogen-bond acceptors (Lipinski definition) is 2. The molecule has 0 unspecified atom stereocenters. The predicted molar refractivity (Wildman–Crippen MR) is 135 cm³/mol. The van der Waals surface area contributed by atoms with E-state index in [4.69, 9.17) is 0 Å². The van der Waals surface area contributed by atoms with Crippen molar-refractivity contribution in [2.45, 2.75) is 42.2 Å². The van der Waals surface area contributed by atoms with Crippen molar-refractivity contribution in [1.82, 2.24) is 0 Å². The monoisotopic (exact) mass is 752 g/mol. The van der Waals surface area contributed by atoms with Crippen molar-refractivity contribution in [3.8, 4) is 0 Å². The van der Waals surface area contributed by atoms with Crippen molar-refractivity contribution < 1.29 is 88.6 Å². The number of rotatable bonds is 6. The highest BCUT2D eigenvalue weighted by molar-refractivity contribution is 6.09. The van der Waals surface area contributed by atoms with Crippen LogP contribution in [-0.2, 0) is 17.5 Å². The molecule has 22 heteroatoms. The number of carbonyl (C=O) groups excluding carboxylic acids is 2. The average molecular weight is 752 g/mol. The van der Waals surface area contributed by atoms with Gasteiger partial charge in [-0.05, 0) is 36.4 Å². The van der Waals surface area contributed by atoms with Crippen LogP contribution in [0.5, 0.6) is 0 Å². The van der Waals surface area contributed by atoms with E-state index in [1.807, 2.05) is 0 Å². The number of halogens is 18. The van der Waals surface area contributed by atoms with E-state index in [1.165, 1.54) is 30.3 Å². The number of nitrogens with zero attached hydrogens (tertiary/aromatic N) is 1. The topological polar surface area (TPSA) is 49.4 Å². The maximum absolute atomic E-state index is 15.5. The van der Waals surface area contributed by atoms with E-state index < -0.39 is 106 Å². The van der Waals surface area contributed by atoms with Crippen LogP contribution in [0, 0.1) is 5.82 Å². The van der Waals surface area contributed by atoms with Crippen LogP contribution in [0.1, 0.15) is 37.4 Å². The van der Waals surface area contributed by atoms with Crippen LogP contribution >= 0.6 is 0 Å². The fourth-order valence-electron chi connectivity index (χ4n) is 4.44. The lowest BCUT2D eigenvalue weighted by molar-refractivity contribution is -0.350. The van der Waals surface area contributed by atoms with E-state index in [2.05, 4.69) is 0 Å². The van der Waals surface area contributed by atoms with Gasteiger partial charge in [0.2, 0.25) is 0 Å². The summed E-state index contributed by atoms with van der Waals surface area (Å²) in [6.07, 6.45) is -36.7. The largest absolute Gasteiger partial charge is 0.436 e. The number of benzene rings is 3. The van der Waals surface area contributed by atoms with E-state index in [0.29, 0.717) is 22.3 Å². The van der Waals surface area contributed by atoms with Gasteiger partial charge in [0.1, 0.15) is 0 Å². The Labute approximate surface area is 266 Å². The number of nitrogens with one attached hydrogen (secondary N) is 1. The van der Waals surface area contributed by atoms with Gasteiger partial charge in [-0.1, -0.05) is 24.3 Å². The van der Waals surface area contributed by atoms with E-state index in [0.717, 1.165) is 13.1 Å². The van der Waals surface area contributed by atoms with Gasteiger partial charge in [0.05, 0.1) is 22.5 Å². The summed E-state index contributed by atoms with van der Waals surface area (Å²) in [6, 6.07) is 4.91. The molecule has 3 aromatic carbocycles. The van der Waals surface area contributed by atoms with E-state index in [9.17, 15) is 79.8 Å². The molecule has 4 nitrogen and oxygen atoms in total. The Morgan fingerprint density at radius 2 is 1.06 bits per heavy atom. The van der Waals surface area contributed by atoms with Crippen molar-refractivity contribution in [2.24, 2.45) is 0 Å². The Hall–Kier alpha value is -4.66. The average Bonchev–Trinajstić information content (AvgIpc) is 2.97. The lowest BCUT2D eigenvalue weighted by Crippen LogP contribution is -2.53. The van der Waals surface area contributed by atoms with Crippen molar-refractivity contribution in [1.29, 1.82) is 0 Å². The molecule has 50 heavy (non-hydrogen) atoms. The van der Waals surface area contributed by atoms with Gasteiger partial charge in [-0.15, -0.1) is 0 Å². The predicted octanol–water partition coefficient (Wildman–Crippen LogP) is 9.95. The van der Waals surface area contributed by atoms with Crippen LogP contribution < -0.4 is 10.2 Å². The maximum atomic E-state index is 15.5. The van der Waals surface area contributed by atoms with Crippen LogP contribution in [0.2, 0.25) is 0 Å². The Balaban J connectivity index is 2.42. The summed E-state index contributed by atoms with van der Waals surface area (Å²) in [5, 5.41) is 0.649. The molecular formula is C28H14F18N2O2. The molecule has 0 aliphatic rings. The molecule has 0 aliphatic heterocycles. The molecule has 274 valence electrons. The lowest BCUT2D eigenvalue weighted by Gasteiger charge is -2.35. The minimum absolute atomic E-state index is 0.135. The van der Waals surface area contributed by atoms with E-state index in [-0.39, 0.29) is 5.56 Å². The third-order valence-corrected chi connectivity index (χ3v) is 6.92. The summed E-state index contributed by atoms with van der Waals surface area (Å²) in [5.74, 6) is -5.44. The van der Waals surface area contributed by atoms with Gasteiger partial charge in [-0.25, -0.2) is 13.2 Å². The van der Waals surface area contributed by atoms with Crippen LogP contribution in [0.3, 0.4) is 0 Å². The molecule has 0 heterocycles. The summed E-state index contributed by atoms with van der Waals surface area (Å²) in [5.41, 5.74) is -31.2. The first-order valence-corrected chi connectivity index (χ1v) is 12.8. The molecule has 0 atom stereocenters. The molecule has 0 saturated carbocycles. The quantitative estimate of drug-likeness (QED) is 0.255. The van der Waals surface area contributed by atoms with Gasteiger partial charge in [-0.3, -0.25) is 9.59 Å². The molecule has 0 bridgehead atoms. The normalized spacial score (nSPS) is 13.7. The second-order valence-electron chi connectivity index (χ2n) is 10.1. The molecule has 1 N–H and O–H groups in total. The zero-order valence-corrected chi connectivity index (χ0v) is 23.8. The SMILES string of the molecule is CN(C(=O)c1ccccc1)c1cccc(C(=O)Nc2c(C(F)(F)F)cc(C(F)(C(F)(F)F)C(F)(F)F)cc2C(F)(C(F)(F)F)C(F)(F)F)c1F. The highest BCUT2D eigenvalue weighted by atomic mass is 19.4. The molecule has 2 amide bonds. The first-order chi connectivity index (χ1) is 22.4. The minimum Gasteiger partial charge on any atom is -0.321 e. The zero-order chi connectivity index (χ0) is 38.6. The summed E-state index contributed by atoms with van der Waals surface area (Å²) in [4.78, 5) is 26.1. The first kappa shape index (κ1) is 39.8. The van der Waals surface area contributed by atoms with Gasteiger partial charge in [0.25, 0.3) is 11.8 Å². The summed E-state index contributed by atoms with van der Waals surface area (Å²) >= 11 is 0. The fraction of sp³-hybridized carbons (Fsp3) is 0.286. The molecule has 0 radical (unpaired) electrons. The summed E-state index contributed by atoms with van der Waals surface area (Å²) < 4.78 is 251. The van der Waals surface area contributed by atoms with E-state index >= 15 is 8.78 Å². The number of amides is 2. The molecule has 0 spiro atoms. The highest BCUT2D eigenvalue weighted by Crippen LogP contribution is 2.60. The minimum atomic E-state index is -7.58.